The molecule has 0 bridgehead atoms. The van der Waals surface area contributed by atoms with Crippen LogP contribution in [0.3, 0.4) is 0 Å². The number of nitrogens with one attached hydrogen (secondary N) is 3. The third kappa shape index (κ3) is 16.1. The van der Waals surface area contributed by atoms with Gasteiger partial charge in [-0.05, 0) is 19.3 Å². The Kier molecular flexibility index (Phi) is 24.1. The Bertz CT molecular complexity index is 669. The number of unbranched alkanes of at least 4 members (excludes halogenated alkanes) is 1. The molecule has 3 unspecified atom stereocenters. The second-order valence-electron chi connectivity index (χ2n) is 12.5. The fourth-order valence-electron chi connectivity index (χ4n) is 4.45. The number of β-amino-alcohol motifs (C(OH)–C–C–N with tert-alkyl or cyclic N) is 3. The number of rotatable bonds is 32. The summed E-state index contributed by atoms with van der Waals surface area (Å²) in [6.45, 7) is -2.75. The predicted octanol–water partition coefficient (Wildman–Crippen LogP) is -6.02. The maximum absolute atomic E-state index is 10.4. The first-order valence-electron chi connectivity index (χ1n) is 15.8. The van der Waals surface area contributed by atoms with Crippen molar-refractivity contribution < 1.29 is 70.8 Å². The standard InChI is InChI=1S/C29H63N3O14/c1-2-26(21-45-10-24(43)8-31-28(15-36,16-37)17-38,22-46-11-25(44)9-32-29(18-39,19-40)20-41)6-4-3-5-23(42)7-30-27(12-33,13-34)14-35/h23-25,30-44H,2-22H2,1H3. The van der Waals surface area contributed by atoms with Crippen molar-refractivity contribution in [1.82, 2.24) is 16.0 Å². The van der Waals surface area contributed by atoms with Crippen molar-refractivity contribution in [2.24, 2.45) is 5.41 Å². The molecule has 0 saturated carbocycles. The van der Waals surface area contributed by atoms with Gasteiger partial charge in [-0.25, -0.2) is 0 Å². The molecule has 0 aliphatic carbocycles. The number of hydrogen-bond acceptors (Lipinski definition) is 17. The zero-order valence-corrected chi connectivity index (χ0v) is 27.3. The molecule has 15 N–H and O–H groups in total. The van der Waals surface area contributed by atoms with Gasteiger partial charge in [-0.15, -0.1) is 0 Å². The van der Waals surface area contributed by atoms with Gasteiger partial charge in [-0.1, -0.05) is 19.8 Å². The minimum atomic E-state index is -1.35. The smallest absolute Gasteiger partial charge is 0.0897 e. The Hall–Kier alpha value is -0.680. The van der Waals surface area contributed by atoms with E-state index in [1.165, 1.54) is 0 Å². The maximum atomic E-state index is 10.4. The SMILES string of the molecule is CCC(CCCCC(O)CNC(CO)(CO)CO)(COCC(O)CNC(CO)(CO)CO)COCC(O)CNC(CO)(CO)CO. The third-order valence-corrected chi connectivity index (χ3v) is 8.54. The highest BCUT2D eigenvalue weighted by molar-refractivity contribution is 4.89. The molecule has 0 spiro atoms. The van der Waals surface area contributed by atoms with E-state index in [1.54, 1.807) is 0 Å². The minimum Gasteiger partial charge on any atom is -0.394 e. The van der Waals surface area contributed by atoms with Gasteiger partial charge < -0.3 is 86.7 Å². The molecule has 0 aromatic carbocycles. The minimum absolute atomic E-state index is 0.0545. The number of hydrogen-bond donors (Lipinski definition) is 15. The monoisotopic (exact) mass is 677 g/mol. The van der Waals surface area contributed by atoms with E-state index in [1.807, 2.05) is 6.92 Å². The first-order valence-corrected chi connectivity index (χ1v) is 15.8. The summed E-state index contributed by atoms with van der Waals surface area (Å²) in [4.78, 5) is 0. The van der Waals surface area contributed by atoms with Crippen molar-refractivity contribution in [3.63, 3.8) is 0 Å². The largest absolute Gasteiger partial charge is 0.394 e. The van der Waals surface area contributed by atoms with E-state index in [-0.39, 0.29) is 46.1 Å². The normalized spacial score (nSPS) is 16.4. The van der Waals surface area contributed by atoms with Crippen molar-refractivity contribution in [3.05, 3.63) is 0 Å². The van der Waals surface area contributed by atoms with Crippen LogP contribution >= 0.6 is 0 Å². The molecule has 46 heavy (non-hydrogen) atoms. The van der Waals surface area contributed by atoms with Gasteiger partial charge >= 0.3 is 0 Å². The molecule has 17 nitrogen and oxygen atoms in total. The number of aliphatic hydroxyl groups excluding tert-OH is 12. The average Bonchev–Trinajstić information content (AvgIpc) is 3.09. The molecule has 0 saturated heterocycles. The summed E-state index contributed by atoms with van der Waals surface area (Å²) in [5.74, 6) is 0. The van der Waals surface area contributed by atoms with E-state index in [4.69, 9.17) is 9.47 Å². The molecule has 278 valence electrons. The van der Waals surface area contributed by atoms with Crippen molar-refractivity contribution in [1.29, 1.82) is 0 Å². The van der Waals surface area contributed by atoms with E-state index in [0.29, 0.717) is 32.1 Å². The molecule has 17 heteroatoms. The lowest BCUT2D eigenvalue weighted by atomic mass is 9.81. The van der Waals surface area contributed by atoms with Gasteiger partial charge in [-0.3, -0.25) is 0 Å². The lowest BCUT2D eigenvalue weighted by Crippen LogP contribution is -2.57. The van der Waals surface area contributed by atoms with Gasteiger partial charge in [0, 0.05) is 25.0 Å². The van der Waals surface area contributed by atoms with E-state index in [0.717, 1.165) is 0 Å². The van der Waals surface area contributed by atoms with Crippen LogP contribution < -0.4 is 16.0 Å². The van der Waals surface area contributed by atoms with Crippen molar-refractivity contribution in [3.8, 4) is 0 Å². The highest BCUT2D eigenvalue weighted by atomic mass is 16.5. The summed E-state index contributed by atoms with van der Waals surface area (Å²) < 4.78 is 11.7. The van der Waals surface area contributed by atoms with Crippen molar-refractivity contribution in [2.45, 2.75) is 74.0 Å². The van der Waals surface area contributed by atoms with E-state index >= 15 is 0 Å². The summed E-state index contributed by atoms with van der Waals surface area (Å²) in [5.41, 5.74) is -4.55. The van der Waals surface area contributed by atoms with Crippen LogP contribution in [0.25, 0.3) is 0 Å². The zero-order valence-electron chi connectivity index (χ0n) is 27.3. The molecule has 0 amide bonds. The topological polar surface area (TPSA) is 297 Å². The van der Waals surface area contributed by atoms with Gasteiger partial charge in [0.25, 0.3) is 0 Å². The molecule has 0 radical (unpaired) electrons. The molecule has 0 fully saturated rings. The summed E-state index contributed by atoms with van der Waals surface area (Å²) in [7, 11) is 0. The molecule has 0 aliphatic rings. The van der Waals surface area contributed by atoms with E-state index in [2.05, 4.69) is 16.0 Å². The maximum Gasteiger partial charge on any atom is 0.0897 e. The van der Waals surface area contributed by atoms with Gasteiger partial charge in [0.2, 0.25) is 0 Å². The fourth-order valence-corrected chi connectivity index (χ4v) is 4.45. The van der Waals surface area contributed by atoms with E-state index in [9.17, 15) is 61.3 Å². The first-order chi connectivity index (χ1) is 21.9. The molecule has 0 aliphatic heterocycles. The zero-order chi connectivity index (χ0) is 35.1. The third-order valence-electron chi connectivity index (χ3n) is 8.54. The Labute approximate surface area is 271 Å². The highest BCUT2D eigenvalue weighted by Crippen LogP contribution is 2.31. The predicted molar refractivity (Wildman–Crippen MR) is 167 cm³/mol. The summed E-state index contributed by atoms with van der Waals surface area (Å²) in [5, 5.41) is 125. The van der Waals surface area contributed by atoms with Gasteiger partial charge in [0.1, 0.15) is 0 Å². The Balaban J connectivity index is 5.20. The Morgan fingerprint density at radius 3 is 1.13 bits per heavy atom. The lowest BCUT2D eigenvalue weighted by Gasteiger charge is -2.34. The van der Waals surface area contributed by atoms with Crippen LogP contribution in [-0.2, 0) is 9.47 Å². The van der Waals surface area contributed by atoms with Crippen molar-refractivity contribution >= 4 is 0 Å². The van der Waals surface area contributed by atoms with Crippen LogP contribution in [0.15, 0.2) is 0 Å². The average molecular weight is 678 g/mol. The molecular formula is C29H63N3O14. The number of aliphatic hydroxyl groups is 12. The molecule has 0 aromatic heterocycles. The molecule has 0 heterocycles. The highest BCUT2D eigenvalue weighted by Gasteiger charge is 2.32. The molecular weight excluding hydrogens is 614 g/mol. The van der Waals surface area contributed by atoms with Crippen LogP contribution in [0.2, 0.25) is 0 Å². The fraction of sp³-hybridized carbons (Fsp3) is 1.00. The molecule has 3 atom stereocenters. The first kappa shape index (κ1) is 45.3. The van der Waals surface area contributed by atoms with Gasteiger partial charge in [-0.2, -0.15) is 0 Å². The summed E-state index contributed by atoms with van der Waals surface area (Å²) in [6.07, 6.45) is -0.0205. The second kappa shape index (κ2) is 24.5. The summed E-state index contributed by atoms with van der Waals surface area (Å²) in [6, 6.07) is 0. The Morgan fingerprint density at radius 1 is 0.500 bits per heavy atom. The van der Waals surface area contributed by atoms with Crippen LogP contribution in [0.1, 0.15) is 39.0 Å². The lowest BCUT2D eigenvalue weighted by molar-refractivity contribution is -0.0674. The van der Waals surface area contributed by atoms with Gasteiger partial charge in [0.15, 0.2) is 0 Å². The van der Waals surface area contributed by atoms with Crippen molar-refractivity contribution in [2.75, 3.05) is 106 Å². The van der Waals surface area contributed by atoms with Crippen LogP contribution in [0.5, 0.6) is 0 Å². The van der Waals surface area contributed by atoms with Crippen LogP contribution in [-0.4, -0.2) is 202 Å². The van der Waals surface area contributed by atoms with E-state index < -0.39 is 99.8 Å². The molecule has 0 rings (SSSR count). The van der Waals surface area contributed by atoms with Crippen LogP contribution in [0, 0.1) is 5.41 Å². The number of ether oxygens (including phenoxy) is 2. The summed E-state index contributed by atoms with van der Waals surface area (Å²) >= 11 is 0. The Morgan fingerprint density at radius 2 is 0.826 bits per heavy atom. The van der Waals surface area contributed by atoms with Gasteiger partial charge in [0.05, 0.1) is 121 Å². The second-order valence-corrected chi connectivity index (χ2v) is 12.5. The van der Waals surface area contributed by atoms with Crippen LogP contribution in [0.4, 0.5) is 0 Å². The molecule has 0 aromatic rings. The quantitative estimate of drug-likeness (QED) is 0.0295.